The van der Waals surface area contributed by atoms with Crippen LogP contribution >= 0.6 is 0 Å². The van der Waals surface area contributed by atoms with Gasteiger partial charge in [-0.25, -0.2) is 4.79 Å². The second-order valence-corrected chi connectivity index (χ2v) is 6.48. The number of carbonyl (C=O) groups is 1. The van der Waals surface area contributed by atoms with Crippen LogP contribution in [-0.4, -0.2) is 26.2 Å². The van der Waals surface area contributed by atoms with Crippen LogP contribution in [0.2, 0.25) is 0 Å². The van der Waals surface area contributed by atoms with Gasteiger partial charge in [0.15, 0.2) is 11.5 Å². The fourth-order valence-electron chi connectivity index (χ4n) is 2.90. The Balaban J connectivity index is 1.76. The van der Waals surface area contributed by atoms with Crippen LogP contribution in [-0.2, 0) is 4.79 Å². The summed E-state index contributed by atoms with van der Waals surface area (Å²) in [5.74, 6) is 0.770. The number of hydrogen-bond acceptors (Lipinski definition) is 6. The highest BCUT2D eigenvalue weighted by atomic mass is 16.5. The maximum Gasteiger partial charge on any atom is 0.362 e. The monoisotopic (exact) mass is 386 g/mol. The van der Waals surface area contributed by atoms with Gasteiger partial charge in [0.05, 0.1) is 6.26 Å². The van der Waals surface area contributed by atoms with E-state index < -0.39 is 5.97 Å². The van der Waals surface area contributed by atoms with E-state index in [1.54, 1.807) is 24.3 Å². The lowest BCUT2D eigenvalue weighted by Crippen LogP contribution is -2.17. The van der Waals surface area contributed by atoms with Crippen molar-refractivity contribution in [1.29, 1.82) is 0 Å². The van der Waals surface area contributed by atoms with Crippen molar-refractivity contribution in [2.45, 2.75) is 13.8 Å². The molecule has 0 unspecified atom stereocenters. The van der Waals surface area contributed by atoms with Gasteiger partial charge in [-0.3, -0.25) is 0 Å². The van der Waals surface area contributed by atoms with Gasteiger partial charge in [0.25, 0.3) is 0 Å². The fourth-order valence-corrected chi connectivity index (χ4v) is 2.90. The van der Waals surface area contributed by atoms with Gasteiger partial charge in [-0.05, 0) is 48.0 Å². The Morgan fingerprint density at radius 3 is 2.62 bits per heavy atom. The zero-order chi connectivity index (χ0) is 20.2. The zero-order valence-electron chi connectivity index (χ0n) is 15.9. The Bertz CT molecular complexity index is 1160. The number of carbonyl (C=O) groups excluding carboxylic acids is 1. The van der Waals surface area contributed by atoms with E-state index in [0.717, 1.165) is 16.7 Å². The van der Waals surface area contributed by atoms with E-state index in [1.807, 2.05) is 56.3 Å². The smallest absolute Gasteiger partial charge is 0.362 e. The molecule has 0 N–H and O–H groups in total. The molecule has 2 aromatic heterocycles. The van der Waals surface area contributed by atoms with Crippen molar-refractivity contribution in [3.8, 4) is 17.1 Å². The first-order valence-corrected chi connectivity index (χ1v) is 9.00. The normalized spacial score (nSPS) is 11.4. The molecule has 4 rings (SSSR count). The number of nitrogens with zero attached hydrogens (tertiary/aromatic N) is 4. The summed E-state index contributed by atoms with van der Waals surface area (Å²) in [6.45, 7) is 3.87. The lowest BCUT2D eigenvalue weighted by molar-refractivity contribution is -0.128. The summed E-state index contributed by atoms with van der Waals surface area (Å²) < 4.78 is 12.4. The highest BCUT2D eigenvalue weighted by molar-refractivity contribution is 6.16. The van der Waals surface area contributed by atoms with Crippen LogP contribution in [0.25, 0.3) is 23.2 Å². The predicted octanol–water partition coefficient (Wildman–Crippen LogP) is 4.15. The first-order chi connectivity index (χ1) is 14.1. The second kappa shape index (κ2) is 7.93. The molecule has 2 aromatic carbocycles. The minimum absolute atomic E-state index is 0.128. The maximum absolute atomic E-state index is 13.1. The average molecular weight is 386 g/mol. The molecule has 0 amide bonds. The molecule has 2 heterocycles. The third kappa shape index (κ3) is 3.98. The van der Waals surface area contributed by atoms with Crippen molar-refractivity contribution in [3.63, 3.8) is 0 Å². The molecule has 144 valence electrons. The predicted molar refractivity (Wildman–Crippen MR) is 108 cm³/mol. The van der Waals surface area contributed by atoms with Crippen molar-refractivity contribution in [3.05, 3.63) is 83.8 Å². The van der Waals surface area contributed by atoms with Gasteiger partial charge in [0.2, 0.25) is 0 Å². The Morgan fingerprint density at radius 1 is 1.07 bits per heavy atom. The Hall–Kier alpha value is -4.00. The number of benzene rings is 2. The number of ether oxygens (including phenoxy) is 1. The van der Waals surface area contributed by atoms with Crippen LogP contribution in [0.4, 0.5) is 0 Å². The highest BCUT2D eigenvalue weighted by Crippen LogP contribution is 2.24. The molecule has 0 atom stereocenters. The minimum atomic E-state index is -0.599. The van der Waals surface area contributed by atoms with E-state index >= 15 is 0 Å². The Morgan fingerprint density at radius 2 is 1.90 bits per heavy atom. The number of aryl methyl sites for hydroxylation is 2. The van der Waals surface area contributed by atoms with E-state index in [1.165, 1.54) is 10.9 Å². The standard InChI is InChI=1S/C22H18N4O3/c1-15-10-11-20(16(2)13-15)29-22(27)19(14-18-9-6-12-28-18)26-21(23-24-25-26)17-7-4-3-5-8-17/h3-14H,1-2H3/b19-14-. The summed E-state index contributed by atoms with van der Waals surface area (Å²) in [7, 11) is 0. The van der Waals surface area contributed by atoms with Crippen LogP contribution in [0.3, 0.4) is 0 Å². The molecule has 0 aliphatic rings. The van der Waals surface area contributed by atoms with Crippen LogP contribution in [0.15, 0.2) is 71.3 Å². The molecule has 0 saturated heterocycles. The summed E-state index contributed by atoms with van der Waals surface area (Å²) in [5, 5.41) is 11.8. The molecule has 7 nitrogen and oxygen atoms in total. The van der Waals surface area contributed by atoms with Crippen LogP contribution in [0.1, 0.15) is 16.9 Å². The van der Waals surface area contributed by atoms with Crippen molar-refractivity contribution >= 4 is 17.7 Å². The molecule has 0 fully saturated rings. The molecule has 29 heavy (non-hydrogen) atoms. The SMILES string of the molecule is Cc1ccc(OC(=O)/C(=C/c2ccco2)n2nnnc2-c2ccccc2)c(C)c1. The van der Waals surface area contributed by atoms with Crippen LogP contribution in [0.5, 0.6) is 5.75 Å². The minimum Gasteiger partial charge on any atom is -0.465 e. The largest absolute Gasteiger partial charge is 0.465 e. The van der Waals surface area contributed by atoms with Crippen LogP contribution in [0, 0.1) is 13.8 Å². The molecular formula is C22H18N4O3. The first-order valence-electron chi connectivity index (χ1n) is 9.00. The van der Waals surface area contributed by atoms with Gasteiger partial charge in [0, 0.05) is 11.6 Å². The zero-order valence-corrected chi connectivity index (χ0v) is 15.9. The third-order valence-corrected chi connectivity index (χ3v) is 4.29. The van der Waals surface area contributed by atoms with E-state index in [4.69, 9.17) is 9.15 Å². The van der Waals surface area contributed by atoms with Gasteiger partial charge in [0.1, 0.15) is 11.5 Å². The Kier molecular flexibility index (Phi) is 5.03. The number of tetrazole rings is 1. The molecule has 0 radical (unpaired) electrons. The van der Waals surface area contributed by atoms with Crippen molar-refractivity contribution < 1.29 is 13.9 Å². The van der Waals surface area contributed by atoms with Crippen LogP contribution < -0.4 is 4.74 Å². The van der Waals surface area contributed by atoms with E-state index in [2.05, 4.69) is 15.5 Å². The molecule has 0 aliphatic heterocycles. The highest BCUT2D eigenvalue weighted by Gasteiger charge is 2.22. The summed E-state index contributed by atoms with van der Waals surface area (Å²) in [6, 6.07) is 18.4. The third-order valence-electron chi connectivity index (χ3n) is 4.29. The van der Waals surface area contributed by atoms with Gasteiger partial charge >= 0.3 is 5.97 Å². The molecule has 0 saturated carbocycles. The topological polar surface area (TPSA) is 83.0 Å². The van der Waals surface area contributed by atoms with Gasteiger partial charge < -0.3 is 9.15 Å². The quantitative estimate of drug-likeness (QED) is 0.291. The molecule has 0 aliphatic carbocycles. The van der Waals surface area contributed by atoms with Gasteiger partial charge in [-0.15, -0.1) is 5.10 Å². The summed E-state index contributed by atoms with van der Waals surface area (Å²) in [6.07, 6.45) is 3.07. The lowest BCUT2D eigenvalue weighted by atomic mass is 10.1. The number of rotatable bonds is 5. The Labute approximate surface area is 167 Å². The number of furan rings is 1. The second-order valence-electron chi connectivity index (χ2n) is 6.48. The average Bonchev–Trinajstić information content (AvgIpc) is 3.40. The molecular weight excluding hydrogens is 368 g/mol. The molecule has 4 aromatic rings. The fraction of sp³-hybridized carbons (Fsp3) is 0.0909. The van der Waals surface area contributed by atoms with E-state index in [-0.39, 0.29) is 5.70 Å². The molecule has 7 heteroatoms. The number of aromatic nitrogens is 4. The lowest BCUT2D eigenvalue weighted by Gasteiger charge is -2.11. The molecule has 0 bridgehead atoms. The summed E-state index contributed by atoms with van der Waals surface area (Å²) in [4.78, 5) is 13.1. The number of esters is 1. The van der Waals surface area contributed by atoms with Crippen molar-refractivity contribution in [2.75, 3.05) is 0 Å². The van der Waals surface area contributed by atoms with Gasteiger partial charge in [-0.1, -0.05) is 48.0 Å². The van der Waals surface area contributed by atoms with E-state index in [0.29, 0.717) is 17.3 Å². The van der Waals surface area contributed by atoms with Gasteiger partial charge in [-0.2, -0.15) is 4.68 Å². The summed E-state index contributed by atoms with van der Waals surface area (Å²) >= 11 is 0. The van der Waals surface area contributed by atoms with E-state index in [9.17, 15) is 4.79 Å². The number of hydrogen-bond donors (Lipinski definition) is 0. The summed E-state index contributed by atoms with van der Waals surface area (Å²) in [5.41, 5.74) is 2.84. The molecule has 0 spiro atoms. The van der Waals surface area contributed by atoms with Crippen molar-refractivity contribution in [1.82, 2.24) is 20.2 Å². The van der Waals surface area contributed by atoms with Crippen molar-refractivity contribution in [2.24, 2.45) is 0 Å². The first kappa shape index (κ1) is 18.4. The maximum atomic E-state index is 13.1.